The molecule has 0 heterocycles. The van der Waals surface area contributed by atoms with E-state index in [1.54, 1.807) is 5.56 Å². The van der Waals surface area contributed by atoms with E-state index in [1.807, 2.05) is 0 Å². The zero-order valence-electron chi connectivity index (χ0n) is 12.8. The Kier molecular flexibility index (Phi) is 5.45. The molecule has 0 amide bonds. The predicted octanol–water partition coefficient (Wildman–Crippen LogP) is 4.26. The monoisotopic (exact) mass is 259 g/mol. The minimum absolute atomic E-state index is 0.893. The summed E-state index contributed by atoms with van der Waals surface area (Å²) in [7, 11) is 0. The lowest BCUT2D eigenvalue weighted by molar-refractivity contribution is 0.365. The maximum Gasteiger partial charge on any atom is -0.00178 e. The topological polar surface area (TPSA) is 12.0 Å². The maximum absolute atomic E-state index is 3.62. The highest BCUT2D eigenvalue weighted by atomic mass is 14.9. The van der Waals surface area contributed by atoms with Gasteiger partial charge in [0.2, 0.25) is 0 Å². The fraction of sp³-hybridized carbons (Fsp3) is 0.667. The number of hydrogen-bond donors (Lipinski definition) is 1. The number of benzene rings is 1. The summed E-state index contributed by atoms with van der Waals surface area (Å²) in [5.41, 5.74) is 4.45. The number of nitrogens with one attached hydrogen (secondary N) is 1. The Morgan fingerprint density at radius 2 is 1.95 bits per heavy atom. The van der Waals surface area contributed by atoms with Crippen LogP contribution in [0.2, 0.25) is 0 Å². The predicted molar refractivity (Wildman–Crippen MR) is 83.6 cm³/mol. The van der Waals surface area contributed by atoms with Gasteiger partial charge < -0.3 is 5.32 Å². The van der Waals surface area contributed by atoms with Gasteiger partial charge in [-0.25, -0.2) is 0 Å². The summed E-state index contributed by atoms with van der Waals surface area (Å²) in [6, 6.07) is 6.90. The van der Waals surface area contributed by atoms with E-state index in [-0.39, 0.29) is 0 Å². The van der Waals surface area contributed by atoms with Crippen LogP contribution >= 0.6 is 0 Å². The van der Waals surface area contributed by atoms with Crippen molar-refractivity contribution in [3.05, 3.63) is 34.9 Å². The Balaban J connectivity index is 1.95. The van der Waals surface area contributed by atoms with Crippen LogP contribution in [0.3, 0.4) is 0 Å². The molecule has 1 heteroatoms. The minimum Gasteiger partial charge on any atom is -0.316 e. The first kappa shape index (κ1) is 14.6. The smallest absolute Gasteiger partial charge is 0.00178 e. The molecule has 0 aromatic heterocycles. The molecular formula is C18H29N. The van der Waals surface area contributed by atoms with E-state index in [0.29, 0.717) is 0 Å². The van der Waals surface area contributed by atoms with E-state index in [0.717, 1.165) is 11.8 Å². The standard InChI is InChI=1S/C18H29N/c1-4-10-19-13-17-7-5-6-16(17)12-18-11-14(2)8-9-15(18)3/h8-9,11,16-17,19H,4-7,10,12-13H2,1-3H3. The highest BCUT2D eigenvalue weighted by Crippen LogP contribution is 2.34. The van der Waals surface area contributed by atoms with Gasteiger partial charge >= 0.3 is 0 Å². The van der Waals surface area contributed by atoms with Crippen molar-refractivity contribution in [2.45, 2.75) is 52.9 Å². The van der Waals surface area contributed by atoms with Gasteiger partial charge in [-0.15, -0.1) is 0 Å². The van der Waals surface area contributed by atoms with Gasteiger partial charge in [0.25, 0.3) is 0 Å². The first-order valence-corrected chi connectivity index (χ1v) is 7.97. The molecule has 106 valence electrons. The molecular weight excluding hydrogens is 230 g/mol. The van der Waals surface area contributed by atoms with Gasteiger partial charge in [0.05, 0.1) is 0 Å². The first-order valence-electron chi connectivity index (χ1n) is 7.97. The molecule has 0 bridgehead atoms. The van der Waals surface area contributed by atoms with Crippen LogP contribution in [0.25, 0.3) is 0 Å². The largest absolute Gasteiger partial charge is 0.316 e. The van der Waals surface area contributed by atoms with Gasteiger partial charge in [-0.05, 0) is 75.6 Å². The Morgan fingerprint density at radius 3 is 2.74 bits per heavy atom. The third kappa shape index (κ3) is 4.07. The molecule has 1 saturated carbocycles. The van der Waals surface area contributed by atoms with Gasteiger partial charge in [0.15, 0.2) is 0 Å². The first-order chi connectivity index (χ1) is 9.20. The molecule has 1 N–H and O–H groups in total. The van der Waals surface area contributed by atoms with Crippen molar-refractivity contribution in [3.63, 3.8) is 0 Å². The van der Waals surface area contributed by atoms with E-state index in [4.69, 9.17) is 0 Å². The maximum atomic E-state index is 3.62. The summed E-state index contributed by atoms with van der Waals surface area (Å²) in [6.07, 6.45) is 6.80. The lowest BCUT2D eigenvalue weighted by Crippen LogP contribution is -2.26. The van der Waals surface area contributed by atoms with Crippen LogP contribution < -0.4 is 5.32 Å². The summed E-state index contributed by atoms with van der Waals surface area (Å²) >= 11 is 0. The minimum atomic E-state index is 0.893. The highest BCUT2D eigenvalue weighted by molar-refractivity contribution is 5.31. The molecule has 19 heavy (non-hydrogen) atoms. The van der Waals surface area contributed by atoms with Crippen molar-refractivity contribution >= 4 is 0 Å². The fourth-order valence-electron chi connectivity index (χ4n) is 3.42. The number of hydrogen-bond acceptors (Lipinski definition) is 1. The van der Waals surface area contributed by atoms with Crippen LogP contribution in [-0.2, 0) is 6.42 Å². The zero-order chi connectivity index (χ0) is 13.7. The van der Waals surface area contributed by atoms with Crippen LogP contribution in [0.1, 0.15) is 49.3 Å². The van der Waals surface area contributed by atoms with E-state index in [1.165, 1.54) is 56.3 Å². The average molecular weight is 259 g/mol. The van der Waals surface area contributed by atoms with Crippen LogP contribution in [0.15, 0.2) is 18.2 Å². The van der Waals surface area contributed by atoms with Gasteiger partial charge in [-0.2, -0.15) is 0 Å². The van der Waals surface area contributed by atoms with Gasteiger partial charge in [0.1, 0.15) is 0 Å². The molecule has 2 atom stereocenters. The molecule has 2 rings (SSSR count). The van der Waals surface area contributed by atoms with Crippen LogP contribution in [0, 0.1) is 25.7 Å². The van der Waals surface area contributed by atoms with E-state index >= 15 is 0 Å². The van der Waals surface area contributed by atoms with Crippen molar-refractivity contribution < 1.29 is 0 Å². The zero-order valence-corrected chi connectivity index (χ0v) is 12.8. The van der Waals surface area contributed by atoms with Crippen molar-refractivity contribution in [2.75, 3.05) is 13.1 Å². The lowest BCUT2D eigenvalue weighted by atomic mass is 9.87. The normalized spacial score (nSPS) is 22.9. The third-order valence-corrected chi connectivity index (χ3v) is 4.64. The third-order valence-electron chi connectivity index (χ3n) is 4.64. The van der Waals surface area contributed by atoms with Crippen molar-refractivity contribution in [2.24, 2.45) is 11.8 Å². The van der Waals surface area contributed by atoms with Crippen molar-refractivity contribution in [1.82, 2.24) is 5.32 Å². The average Bonchev–Trinajstić information content (AvgIpc) is 2.82. The summed E-state index contributed by atoms with van der Waals surface area (Å²) in [6.45, 7) is 9.11. The van der Waals surface area contributed by atoms with E-state index < -0.39 is 0 Å². The molecule has 2 unspecified atom stereocenters. The van der Waals surface area contributed by atoms with Gasteiger partial charge in [-0.1, -0.05) is 37.1 Å². The van der Waals surface area contributed by atoms with Gasteiger partial charge in [-0.3, -0.25) is 0 Å². The molecule has 0 radical (unpaired) electrons. The van der Waals surface area contributed by atoms with E-state index in [9.17, 15) is 0 Å². The Labute approximate surface area is 118 Å². The number of aryl methyl sites for hydroxylation is 2. The second kappa shape index (κ2) is 7.09. The van der Waals surface area contributed by atoms with Crippen molar-refractivity contribution in [3.8, 4) is 0 Å². The molecule has 0 aliphatic heterocycles. The molecule has 0 spiro atoms. The van der Waals surface area contributed by atoms with Gasteiger partial charge in [0, 0.05) is 0 Å². The second-order valence-corrected chi connectivity index (χ2v) is 6.29. The van der Waals surface area contributed by atoms with Crippen LogP contribution in [0.5, 0.6) is 0 Å². The fourth-order valence-corrected chi connectivity index (χ4v) is 3.42. The summed E-state index contributed by atoms with van der Waals surface area (Å²) in [5, 5.41) is 3.62. The molecule has 1 aromatic carbocycles. The Bertz CT molecular complexity index is 397. The molecule has 1 nitrogen and oxygen atoms in total. The molecule has 1 aliphatic rings. The number of rotatable bonds is 6. The SMILES string of the molecule is CCCNCC1CCCC1Cc1cc(C)ccc1C. The summed E-state index contributed by atoms with van der Waals surface area (Å²) in [5.74, 6) is 1.79. The quantitative estimate of drug-likeness (QED) is 0.753. The molecule has 1 fully saturated rings. The Morgan fingerprint density at radius 1 is 1.16 bits per heavy atom. The second-order valence-electron chi connectivity index (χ2n) is 6.29. The van der Waals surface area contributed by atoms with E-state index in [2.05, 4.69) is 44.3 Å². The summed E-state index contributed by atoms with van der Waals surface area (Å²) < 4.78 is 0. The molecule has 1 aromatic rings. The van der Waals surface area contributed by atoms with Crippen LogP contribution in [0.4, 0.5) is 0 Å². The van der Waals surface area contributed by atoms with Crippen LogP contribution in [-0.4, -0.2) is 13.1 Å². The lowest BCUT2D eigenvalue weighted by Gasteiger charge is -2.21. The molecule has 1 aliphatic carbocycles. The summed E-state index contributed by atoms with van der Waals surface area (Å²) in [4.78, 5) is 0. The Hall–Kier alpha value is -0.820. The van der Waals surface area contributed by atoms with Crippen molar-refractivity contribution in [1.29, 1.82) is 0 Å². The highest BCUT2D eigenvalue weighted by Gasteiger charge is 2.27. The molecule has 0 saturated heterocycles.